The Bertz CT molecular complexity index is 836. The Morgan fingerprint density at radius 2 is 2.09 bits per heavy atom. The SMILES string of the molecule is Cc1cccc(-n2nc(C3CC3)nc2-c2ccncc2Cl)c1. The van der Waals surface area contributed by atoms with Crippen molar-refractivity contribution < 1.29 is 0 Å². The van der Waals surface area contributed by atoms with Crippen LogP contribution in [0.2, 0.25) is 5.02 Å². The summed E-state index contributed by atoms with van der Waals surface area (Å²) in [5.41, 5.74) is 3.05. The van der Waals surface area contributed by atoms with Gasteiger partial charge in [-0.05, 0) is 43.5 Å². The summed E-state index contributed by atoms with van der Waals surface area (Å²) in [4.78, 5) is 8.80. The fourth-order valence-electron chi connectivity index (χ4n) is 2.51. The molecule has 0 amide bonds. The Balaban J connectivity index is 1.91. The summed E-state index contributed by atoms with van der Waals surface area (Å²) in [5.74, 6) is 2.18. The van der Waals surface area contributed by atoms with E-state index in [-0.39, 0.29) is 0 Å². The molecule has 1 aliphatic carbocycles. The quantitative estimate of drug-likeness (QED) is 0.729. The van der Waals surface area contributed by atoms with Crippen LogP contribution in [0.4, 0.5) is 0 Å². The van der Waals surface area contributed by atoms with Crippen molar-refractivity contribution in [3.8, 4) is 17.1 Å². The summed E-state index contributed by atoms with van der Waals surface area (Å²) in [7, 11) is 0. The predicted molar refractivity (Wildman–Crippen MR) is 86.3 cm³/mol. The Hall–Kier alpha value is -2.20. The third-order valence-corrected chi connectivity index (χ3v) is 4.13. The van der Waals surface area contributed by atoms with Crippen LogP contribution in [-0.4, -0.2) is 19.7 Å². The molecule has 2 aromatic heterocycles. The molecule has 0 saturated heterocycles. The van der Waals surface area contributed by atoms with Gasteiger partial charge in [-0.25, -0.2) is 9.67 Å². The minimum Gasteiger partial charge on any atom is -0.263 e. The molecule has 0 atom stereocenters. The maximum atomic E-state index is 6.31. The second kappa shape index (κ2) is 5.21. The highest BCUT2D eigenvalue weighted by Gasteiger charge is 2.29. The van der Waals surface area contributed by atoms with E-state index in [1.807, 2.05) is 22.9 Å². The summed E-state index contributed by atoms with van der Waals surface area (Å²) < 4.78 is 1.89. The Morgan fingerprint density at radius 1 is 1.23 bits per heavy atom. The average Bonchev–Trinajstić information content (AvgIpc) is 3.27. The van der Waals surface area contributed by atoms with Crippen molar-refractivity contribution in [3.63, 3.8) is 0 Å². The van der Waals surface area contributed by atoms with E-state index in [1.54, 1.807) is 12.4 Å². The number of halogens is 1. The zero-order valence-corrected chi connectivity index (χ0v) is 13.0. The van der Waals surface area contributed by atoms with Crippen molar-refractivity contribution >= 4 is 11.6 Å². The Kier molecular flexibility index (Phi) is 3.19. The highest BCUT2D eigenvalue weighted by molar-refractivity contribution is 6.33. The summed E-state index contributed by atoms with van der Waals surface area (Å²) in [6.07, 6.45) is 5.71. The van der Waals surface area contributed by atoms with E-state index < -0.39 is 0 Å². The highest BCUT2D eigenvalue weighted by atomic mass is 35.5. The lowest BCUT2D eigenvalue weighted by Crippen LogP contribution is -2.00. The monoisotopic (exact) mass is 310 g/mol. The van der Waals surface area contributed by atoms with Crippen molar-refractivity contribution in [2.24, 2.45) is 0 Å². The molecular formula is C17H15ClN4. The molecule has 110 valence electrons. The van der Waals surface area contributed by atoms with Gasteiger partial charge in [-0.2, -0.15) is 5.10 Å². The number of rotatable bonds is 3. The van der Waals surface area contributed by atoms with Crippen LogP contribution in [0.5, 0.6) is 0 Å². The average molecular weight is 311 g/mol. The van der Waals surface area contributed by atoms with Gasteiger partial charge in [-0.3, -0.25) is 4.98 Å². The van der Waals surface area contributed by atoms with E-state index in [1.165, 1.54) is 18.4 Å². The maximum Gasteiger partial charge on any atom is 0.165 e. The van der Waals surface area contributed by atoms with Crippen molar-refractivity contribution in [1.82, 2.24) is 19.7 Å². The molecule has 3 aromatic rings. The number of hydrogen-bond donors (Lipinski definition) is 0. The van der Waals surface area contributed by atoms with Crippen molar-refractivity contribution in [3.05, 3.63) is 59.1 Å². The minimum absolute atomic E-state index is 0.491. The van der Waals surface area contributed by atoms with Crippen molar-refractivity contribution in [2.45, 2.75) is 25.7 Å². The minimum atomic E-state index is 0.491. The number of pyridine rings is 1. The first-order chi connectivity index (χ1) is 10.7. The molecule has 4 nitrogen and oxygen atoms in total. The number of aryl methyl sites for hydroxylation is 1. The zero-order chi connectivity index (χ0) is 15.1. The molecule has 1 fully saturated rings. The number of aromatic nitrogens is 4. The number of hydrogen-bond acceptors (Lipinski definition) is 3. The molecule has 2 heterocycles. The predicted octanol–water partition coefficient (Wildman–Crippen LogP) is 4.17. The lowest BCUT2D eigenvalue weighted by atomic mass is 10.2. The maximum absolute atomic E-state index is 6.31. The molecule has 0 spiro atoms. The van der Waals surface area contributed by atoms with Crippen LogP contribution in [0.15, 0.2) is 42.7 Å². The summed E-state index contributed by atoms with van der Waals surface area (Å²) in [6, 6.07) is 10.1. The summed E-state index contributed by atoms with van der Waals surface area (Å²) in [5, 5.41) is 5.32. The molecule has 0 aliphatic heterocycles. The molecule has 0 unspecified atom stereocenters. The van der Waals surface area contributed by atoms with Crippen LogP contribution < -0.4 is 0 Å². The van der Waals surface area contributed by atoms with E-state index in [0.29, 0.717) is 10.9 Å². The molecule has 0 N–H and O–H groups in total. The number of benzene rings is 1. The largest absolute Gasteiger partial charge is 0.263 e. The van der Waals surface area contributed by atoms with Gasteiger partial charge in [-0.15, -0.1) is 0 Å². The van der Waals surface area contributed by atoms with Gasteiger partial charge in [-0.1, -0.05) is 23.7 Å². The standard InChI is InChI=1S/C17H15ClN4/c1-11-3-2-4-13(9-11)22-17(14-7-8-19-10-15(14)18)20-16(21-22)12-5-6-12/h2-4,7-10,12H,5-6H2,1H3. The fourth-order valence-corrected chi connectivity index (χ4v) is 2.72. The van der Waals surface area contributed by atoms with E-state index in [9.17, 15) is 0 Å². The fraction of sp³-hybridized carbons (Fsp3) is 0.235. The topological polar surface area (TPSA) is 43.6 Å². The van der Waals surface area contributed by atoms with E-state index in [2.05, 4.69) is 24.0 Å². The van der Waals surface area contributed by atoms with Crippen LogP contribution in [-0.2, 0) is 0 Å². The third-order valence-electron chi connectivity index (χ3n) is 3.83. The first-order valence-electron chi connectivity index (χ1n) is 7.36. The second-order valence-electron chi connectivity index (χ2n) is 5.67. The van der Waals surface area contributed by atoms with Crippen molar-refractivity contribution in [2.75, 3.05) is 0 Å². The lowest BCUT2D eigenvalue weighted by molar-refractivity contribution is 0.838. The molecule has 22 heavy (non-hydrogen) atoms. The van der Waals surface area contributed by atoms with Crippen LogP contribution in [0.1, 0.15) is 30.1 Å². The van der Waals surface area contributed by atoms with Gasteiger partial charge in [0.05, 0.1) is 10.7 Å². The Morgan fingerprint density at radius 3 is 2.82 bits per heavy atom. The van der Waals surface area contributed by atoms with Crippen LogP contribution in [0.3, 0.4) is 0 Å². The highest BCUT2D eigenvalue weighted by Crippen LogP contribution is 2.39. The van der Waals surface area contributed by atoms with Gasteiger partial charge in [0, 0.05) is 23.9 Å². The summed E-state index contributed by atoms with van der Waals surface area (Å²) in [6.45, 7) is 2.07. The number of nitrogens with zero attached hydrogens (tertiary/aromatic N) is 4. The lowest BCUT2D eigenvalue weighted by Gasteiger charge is -2.07. The molecule has 1 saturated carbocycles. The van der Waals surface area contributed by atoms with Gasteiger partial charge in [0.25, 0.3) is 0 Å². The van der Waals surface area contributed by atoms with Crippen molar-refractivity contribution in [1.29, 1.82) is 0 Å². The second-order valence-corrected chi connectivity index (χ2v) is 6.08. The Labute approximate surface area is 133 Å². The van der Waals surface area contributed by atoms with E-state index in [0.717, 1.165) is 22.9 Å². The molecule has 4 rings (SSSR count). The van der Waals surface area contributed by atoms with E-state index >= 15 is 0 Å². The molecule has 5 heteroatoms. The van der Waals surface area contributed by atoms with Crippen LogP contribution >= 0.6 is 11.6 Å². The molecule has 0 radical (unpaired) electrons. The normalized spacial score (nSPS) is 14.3. The third kappa shape index (κ3) is 2.40. The van der Waals surface area contributed by atoms with Gasteiger partial charge in [0.2, 0.25) is 0 Å². The summed E-state index contributed by atoms with van der Waals surface area (Å²) >= 11 is 6.31. The smallest absolute Gasteiger partial charge is 0.165 e. The first kappa shape index (κ1) is 13.5. The van der Waals surface area contributed by atoms with Crippen LogP contribution in [0.25, 0.3) is 17.1 Å². The van der Waals surface area contributed by atoms with Gasteiger partial charge in [0.15, 0.2) is 11.6 Å². The van der Waals surface area contributed by atoms with Gasteiger partial charge in [0.1, 0.15) is 0 Å². The molecular weight excluding hydrogens is 296 g/mol. The van der Waals surface area contributed by atoms with E-state index in [4.69, 9.17) is 21.7 Å². The van der Waals surface area contributed by atoms with Crippen LogP contribution in [0, 0.1) is 6.92 Å². The van der Waals surface area contributed by atoms with Gasteiger partial charge >= 0.3 is 0 Å². The first-order valence-corrected chi connectivity index (χ1v) is 7.74. The molecule has 0 bridgehead atoms. The molecule has 1 aliphatic rings. The zero-order valence-electron chi connectivity index (χ0n) is 12.2. The molecule has 1 aromatic carbocycles. The van der Waals surface area contributed by atoms with Gasteiger partial charge < -0.3 is 0 Å².